The molecule has 0 aromatic heterocycles. The number of carbonyl (C=O) groups excluding carboxylic acids is 1. The fourth-order valence-electron chi connectivity index (χ4n) is 3.74. The number of rotatable bonds is 3. The summed E-state index contributed by atoms with van der Waals surface area (Å²) in [5.41, 5.74) is 2.36. The number of hydrogen-bond acceptors (Lipinski definition) is 3. The molecule has 2 aliphatic rings. The van der Waals surface area contributed by atoms with Crippen LogP contribution in [-0.4, -0.2) is 48.2 Å². The van der Waals surface area contributed by atoms with Crippen LogP contribution < -0.4 is 4.90 Å². The lowest BCUT2D eigenvalue weighted by Gasteiger charge is -2.39. The Morgan fingerprint density at radius 3 is 2.95 bits per heavy atom. The Morgan fingerprint density at radius 1 is 1.32 bits per heavy atom. The zero-order valence-electron chi connectivity index (χ0n) is 13.4. The van der Waals surface area contributed by atoms with Crippen LogP contribution in [-0.2, 0) is 11.2 Å². The molecule has 1 fully saturated rings. The number of benzene rings is 1. The van der Waals surface area contributed by atoms with Gasteiger partial charge in [0.25, 0.3) is 0 Å². The van der Waals surface area contributed by atoms with E-state index >= 15 is 0 Å². The lowest BCUT2D eigenvalue weighted by Crippen LogP contribution is -2.51. The molecule has 22 heavy (non-hydrogen) atoms. The molecular weight excluding hydrogens is 276 g/mol. The Bertz CT molecular complexity index is 532. The molecule has 0 saturated carbocycles. The van der Waals surface area contributed by atoms with Crippen LogP contribution >= 0.6 is 0 Å². The van der Waals surface area contributed by atoms with Gasteiger partial charge in [-0.15, -0.1) is 0 Å². The highest BCUT2D eigenvalue weighted by atomic mass is 16.3. The standard InChI is InChI=1S/C18H26N2O2/c1-14(19-10-4-6-15(12-19)13-21)18(22)20-11-5-8-16-7-2-3-9-17(16)20/h2-3,7,9,14-15,21H,4-6,8,10-13H2,1H3. The third-order valence-corrected chi connectivity index (χ3v) is 5.09. The van der Waals surface area contributed by atoms with Crippen molar-refractivity contribution in [1.82, 2.24) is 4.90 Å². The maximum atomic E-state index is 13.0. The van der Waals surface area contributed by atoms with Crippen LogP contribution in [0.4, 0.5) is 5.69 Å². The average Bonchev–Trinajstić information content (AvgIpc) is 2.60. The molecule has 0 aliphatic carbocycles. The highest BCUT2D eigenvalue weighted by Gasteiger charge is 2.31. The first-order valence-electron chi connectivity index (χ1n) is 8.45. The molecule has 2 heterocycles. The number of anilines is 1. The van der Waals surface area contributed by atoms with Gasteiger partial charge in [-0.2, -0.15) is 0 Å². The number of aliphatic hydroxyl groups excluding tert-OH is 1. The minimum atomic E-state index is -0.111. The van der Waals surface area contributed by atoms with Gasteiger partial charge in [0, 0.05) is 25.4 Å². The molecule has 2 atom stereocenters. The maximum Gasteiger partial charge on any atom is 0.244 e. The lowest BCUT2D eigenvalue weighted by atomic mass is 9.97. The van der Waals surface area contributed by atoms with E-state index in [1.807, 2.05) is 24.0 Å². The predicted molar refractivity (Wildman–Crippen MR) is 88.0 cm³/mol. The summed E-state index contributed by atoms with van der Waals surface area (Å²) < 4.78 is 0. The quantitative estimate of drug-likeness (QED) is 0.929. The molecular formula is C18H26N2O2. The fraction of sp³-hybridized carbons (Fsp3) is 0.611. The van der Waals surface area contributed by atoms with E-state index in [0.717, 1.165) is 51.0 Å². The molecule has 3 rings (SSSR count). The van der Waals surface area contributed by atoms with Crippen LogP contribution in [0.1, 0.15) is 31.7 Å². The maximum absolute atomic E-state index is 13.0. The first kappa shape index (κ1) is 15.5. The van der Waals surface area contributed by atoms with Crippen molar-refractivity contribution in [3.8, 4) is 0 Å². The minimum Gasteiger partial charge on any atom is -0.396 e. The summed E-state index contributed by atoms with van der Waals surface area (Å²) in [6.45, 7) is 4.85. The Hall–Kier alpha value is -1.39. The van der Waals surface area contributed by atoms with Crippen LogP contribution in [0.2, 0.25) is 0 Å². The number of amides is 1. The van der Waals surface area contributed by atoms with Gasteiger partial charge in [-0.25, -0.2) is 0 Å². The molecule has 2 aliphatic heterocycles. The SMILES string of the molecule is CC(C(=O)N1CCCc2ccccc21)N1CCCC(CO)C1. The number of fused-ring (bicyclic) bond motifs is 1. The van der Waals surface area contributed by atoms with E-state index in [9.17, 15) is 9.90 Å². The molecule has 1 N–H and O–H groups in total. The average molecular weight is 302 g/mol. The number of nitrogens with zero attached hydrogens (tertiary/aromatic N) is 2. The van der Waals surface area contributed by atoms with E-state index in [-0.39, 0.29) is 18.6 Å². The molecule has 1 aromatic rings. The molecule has 2 unspecified atom stereocenters. The molecule has 1 amide bonds. The number of carbonyl (C=O) groups is 1. The van der Waals surface area contributed by atoms with E-state index in [2.05, 4.69) is 17.0 Å². The second-order valence-electron chi connectivity index (χ2n) is 6.58. The van der Waals surface area contributed by atoms with Crippen LogP contribution in [0.3, 0.4) is 0 Å². The summed E-state index contributed by atoms with van der Waals surface area (Å²) in [4.78, 5) is 17.2. The van der Waals surface area contributed by atoms with E-state index < -0.39 is 0 Å². The monoisotopic (exact) mass is 302 g/mol. The third kappa shape index (κ3) is 3.03. The zero-order valence-corrected chi connectivity index (χ0v) is 13.4. The van der Waals surface area contributed by atoms with Gasteiger partial charge in [0.1, 0.15) is 0 Å². The molecule has 0 bridgehead atoms. The van der Waals surface area contributed by atoms with Crippen molar-refractivity contribution in [1.29, 1.82) is 0 Å². The summed E-state index contributed by atoms with van der Waals surface area (Å²) in [7, 11) is 0. The van der Waals surface area contributed by atoms with Gasteiger partial charge in [-0.3, -0.25) is 9.69 Å². The van der Waals surface area contributed by atoms with E-state index in [0.29, 0.717) is 5.92 Å². The van der Waals surface area contributed by atoms with Gasteiger partial charge in [-0.1, -0.05) is 18.2 Å². The van der Waals surface area contributed by atoms with Crippen LogP contribution in [0, 0.1) is 5.92 Å². The Kier molecular flexibility index (Phi) is 4.79. The summed E-state index contributed by atoms with van der Waals surface area (Å²) in [5, 5.41) is 9.39. The van der Waals surface area contributed by atoms with Gasteiger partial charge in [0.2, 0.25) is 5.91 Å². The van der Waals surface area contributed by atoms with Crippen molar-refractivity contribution in [2.24, 2.45) is 5.92 Å². The van der Waals surface area contributed by atoms with Crippen molar-refractivity contribution in [2.45, 2.75) is 38.6 Å². The predicted octanol–water partition coefficient (Wildman–Crippen LogP) is 2.06. The number of para-hydroxylation sites is 1. The summed E-state index contributed by atoms with van der Waals surface area (Å²) in [5.74, 6) is 0.517. The number of aryl methyl sites for hydroxylation is 1. The summed E-state index contributed by atoms with van der Waals surface area (Å²) in [6.07, 6.45) is 4.24. The second kappa shape index (κ2) is 6.80. The van der Waals surface area contributed by atoms with E-state index in [1.165, 1.54) is 5.56 Å². The second-order valence-corrected chi connectivity index (χ2v) is 6.58. The largest absolute Gasteiger partial charge is 0.396 e. The smallest absolute Gasteiger partial charge is 0.244 e. The van der Waals surface area contributed by atoms with E-state index in [1.54, 1.807) is 0 Å². The molecule has 120 valence electrons. The van der Waals surface area contributed by atoms with Crippen LogP contribution in [0.25, 0.3) is 0 Å². The normalized spacial score (nSPS) is 23.9. The number of likely N-dealkylation sites (tertiary alicyclic amines) is 1. The van der Waals surface area contributed by atoms with Crippen LogP contribution in [0.5, 0.6) is 0 Å². The lowest BCUT2D eigenvalue weighted by molar-refractivity contribution is -0.124. The van der Waals surface area contributed by atoms with Crippen molar-refractivity contribution in [3.63, 3.8) is 0 Å². The minimum absolute atomic E-state index is 0.111. The molecule has 4 heteroatoms. The van der Waals surface area contributed by atoms with Crippen molar-refractivity contribution in [3.05, 3.63) is 29.8 Å². The topological polar surface area (TPSA) is 43.8 Å². The Balaban J connectivity index is 1.74. The van der Waals surface area contributed by atoms with Crippen molar-refractivity contribution in [2.75, 3.05) is 31.1 Å². The molecule has 1 saturated heterocycles. The Morgan fingerprint density at radius 2 is 2.14 bits per heavy atom. The number of hydrogen-bond donors (Lipinski definition) is 1. The fourth-order valence-corrected chi connectivity index (χ4v) is 3.74. The Labute approximate surface area is 132 Å². The highest BCUT2D eigenvalue weighted by Crippen LogP contribution is 2.28. The summed E-state index contributed by atoms with van der Waals surface area (Å²) >= 11 is 0. The first-order valence-corrected chi connectivity index (χ1v) is 8.45. The van der Waals surface area contributed by atoms with Gasteiger partial charge in [0.15, 0.2) is 0 Å². The summed E-state index contributed by atoms with van der Waals surface area (Å²) in [6, 6.07) is 8.14. The van der Waals surface area contributed by atoms with Crippen molar-refractivity contribution >= 4 is 11.6 Å². The van der Waals surface area contributed by atoms with Crippen molar-refractivity contribution < 1.29 is 9.90 Å². The zero-order chi connectivity index (χ0) is 15.5. The van der Waals surface area contributed by atoms with E-state index in [4.69, 9.17) is 0 Å². The van der Waals surface area contributed by atoms with Gasteiger partial charge in [-0.05, 0) is 56.7 Å². The highest BCUT2D eigenvalue weighted by molar-refractivity contribution is 5.98. The molecule has 4 nitrogen and oxygen atoms in total. The molecule has 1 aromatic carbocycles. The molecule has 0 radical (unpaired) electrons. The first-order chi connectivity index (χ1) is 10.7. The number of piperidine rings is 1. The van der Waals surface area contributed by atoms with Gasteiger partial charge in [0.05, 0.1) is 6.04 Å². The van der Waals surface area contributed by atoms with Gasteiger partial charge < -0.3 is 10.0 Å². The third-order valence-electron chi connectivity index (χ3n) is 5.09. The molecule has 0 spiro atoms. The van der Waals surface area contributed by atoms with Crippen LogP contribution in [0.15, 0.2) is 24.3 Å². The van der Waals surface area contributed by atoms with Gasteiger partial charge >= 0.3 is 0 Å². The number of aliphatic hydroxyl groups is 1.